The zero-order valence-corrected chi connectivity index (χ0v) is 9.87. The topological polar surface area (TPSA) is 32.3 Å². The van der Waals surface area contributed by atoms with Crippen LogP contribution < -0.4 is 5.32 Å². The number of benzene rings is 2. The van der Waals surface area contributed by atoms with Crippen molar-refractivity contribution in [3.63, 3.8) is 0 Å². The van der Waals surface area contributed by atoms with Crippen LogP contribution in [0.3, 0.4) is 0 Å². The zero-order chi connectivity index (χ0) is 13.1. The number of nitrogens with one attached hydrogen (secondary N) is 1. The van der Waals surface area contributed by atoms with Crippen LogP contribution in [0, 0.1) is 18.6 Å². The van der Waals surface area contributed by atoms with Gasteiger partial charge in [-0.3, -0.25) is 0 Å². The molecule has 94 valence electrons. The summed E-state index contributed by atoms with van der Waals surface area (Å²) in [6.07, 6.45) is 0. The molecule has 0 aromatic heterocycles. The van der Waals surface area contributed by atoms with Gasteiger partial charge in [0, 0.05) is 12.1 Å². The van der Waals surface area contributed by atoms with Crippen LogP contribution in [0.1, 0.15) is 11.1 Å². The van der Waals surface area contributed by atoms with Crippen LogP contribution in [-0.4, -0.2) is 5.11 Å². The van der Waals surface area contributed by atoms with Crippen molar-refractivity contribution in [1.29, 1.82) is 0 Å². The largest absolute Gasteiger partial charge is 0.508 e. The summed E-state index contributed by atoms with van der Waals surface area (Å²) in [5.74, 6) is -0.902. The second-order valence-corrected chi connectivity index (χ2v) is 4.11. The highest BCUT2D eigenvalue weighted by molar-refractivity contribution is 5.47. The van der Waals surface area contributed by atoms with Gasteiger partial charge < -0.3 is 10.4 Å². The lowest BCUT2D eigenvalue weighted by Crippen LogP contribution is -2.02. The summed E-state index contributed by atoms with van der Waals surface area (Å²) in [6, 6.07) is 8.36. The fraction of sp³-hybridized carbons (Fsp3) is 0.143. The molecule has 2 rings (SSSR count). The van der Waals surface area contributed by atoms with E-state index in [-0.39, 0.29) is 18.0 Å². The maximum Gasteiger partial charge on any atom is 0.146 e. The highest BCUT2D eigenvalue weighted by atomic mass is 19.1. The van der Waals surface area contributed by atoms with Gasteiger partial charge in [0.2, 0.25) is 0 Å². The van der Waals surface area contributed by atoms with Gasteiger partial charge in [0.1, 0.15) is 17.4 Å². The number of phenols is 1. The molecule has 2 aromatic carbocycles. The van der Waals surface area contributed by atoms with Gasteiger partial charge in [-0.25, -0.2) is 8.78 Å². The molecule has 2 aromatic rings. The van der Waals surface area contributed by atoms with Gasteiger partial charge >= 0.3 is 0 Å². The fourth-order valence-corrected chi connectivity index (χ4v) is 1.68. The molecule has 0 heterocycles. The monoisotopic (exact) mass is 249 g/mol. The number of aromatic hydroxyl groups is 1. The smallest absolute Gasteiger partial charge is 0.146 e. The summed E-state index contributed by atoms with van der Waals surface area (Å²) in [5.41, 5.74) is 1.71. The van der Waals surface area contributed by atoms with Crippen LogP contribution >= 0.6 is 0 Å². The first kappa shape index (κ1) is 12.4. The van der Waals surface area contributed by atoms with Crippen molar-refractivity contribution in [2.45, 2.75) is 13.5 Å². The molecule has 0 spiro atoms. The predicted molar refractivity (Wildman–Crippen MR) is 66.5 cm³/mol. The Kier molecular flexibility index (Phi) is 3.46. The third kappa shape index (κ3) is 2.77. The van der Waals surface area contributed by atoms with Crippen molar-refractivity contribution in [1.82, 2.24) is 0 Å². The first-order valence-corrected chi connectivity index (χ1v) is 5.53. The minimum absolute atomic E-state index is 0.0795. The van der Waals surface area contributed by atoms with E-state index in [4.69, 9.17) is 0 Å². The van der Waals surface area contributed by atoms with Gasteiger partial charge in [0.25, 0.3) is 0 Å². The third-order valence-electron chi connectivity index (χ3n) is 2.63. The molecule has 2 N–H and O–H groups in total. The molecule has 0 atom stereocenters. The molecule has 4 heteroatoms. The van der Waals surface area contributed by atoms with Gasteiger partial charge in [-0.05, 0) is 31.2 Å². The van der Waals surface area contributed by atoms with Gasteiger partial charge in [-0.2, -0.15) is 0 Å². The number of halogens is 2. The average Bonchev–Trinajstić information content (AvgIpc) is 2.34. The molecule has 0 amide bonds. The number of rotatable bonds is 3. The molecule has 0 aliphatic carbocycles. The highest BCUT2D eigenvalue weighted by Crippen LogP contribution is 2.21. The van der Waals surface area contributed by atoms with Crippen molar-refractivity contribution < 1.29 is 13.9 Å². The van der Waals surface area contributed by atoms with Crippen molar-refractivity contribution in [2.24, 2.45) is 0 Å². The second kappa shape index (κ2) is 5.04. The molecule has 0 aliphatic heterocycles. The Hall–Kier alpha value is -2.10. The lowest BCUT2D eigenvalue weighted by atomic mass is 10.1. The van der Waals surface area contributed by atoms with Gasteiger partial charge in [-0.15, -0.1) is 0 Å². The van der Waals surface area contributed by atoms with Crippen molar-refractivity contribution in [3.05, 3.63) is 59.2 Å². The average molecular weight is 249 g/mol. The molecule has 0 saturated heterocycles. The first-order chi connectivity index (χ1) is 8.56. The number of phenolic OH excluding ortho intramolecular Hbond substituents is 1. The van der Waals surface area contributed by atoms with E-state index in [1.165, 1.54) is 0 Å². The highest BCUT2D eigenvalue weighted by Gasteiger charge is 2.05. The summed E-state index contributed by atoms with van der Waals surface area (Å²) in [7, 11) is 0. The maximum absolute atomic E-state index is 13.4. The number of hydrogen-bond acceptors (Lipinski definition) is 2. The van der Waals surface area contributed by atoms with E-state index in [0.29, 0.717) is 5.56 Å². The van der Waals surface area contributed by atoms with E-state index in [2.05, 4.69) is 5.32 Å². The van der Waals surface area contributed by atoms with Crippen LogP contribution in [0.2, 0.25) is 0 Å². The van der Waals surface area contributed by atoms with E-state index in [1.807, 2.05) is 6.92 Å². The standard InChI is InChI=1S/C14H13F2NO/c1-9-2-5-14(18)10(6-9)8-17-13-7-11(15)3-4-12(13)16/h2-7,17-18H,8H2,1H3. The van der Waals surface area contributed by atoms with Crippen molar-refractivity contribution in [2.75, 3.05) is 5.32 Å². The second-order valence-electron chi connectivity index (χ2n) is 4.11. The van der Waals surface area contributed by atoms with Gasteiger partial charge in [0.05, 0.1) is 5.69 Å². The molecule has 2 nitrogen and oxygen atoms in total. The molecular formula is C14H13F2NO. The lowest BCUT2D eigenvalue weighted by molar-refractivity contribution is 0.469. The number of aryl methyl sites for hydroxylation is 1. The number of anilines is 1. The first-order valence-electron chi connectivity index (χ1n) is 5.53. The Morgan fingerprint density at radius 3 is 2.67 bits per heavy atom. The van der Waals surface area contributed by atoms with E-state index < -0.39 is 11.6 Å². The Morgan fingerprint density at radius 1 is 1.11 bits per heavy atom. The molecular weight excluding hydrogens is 236 g/mol. The van der Waals surface area contributed by atoms with E-state index >= 15 is 0 Å². The summed E-state index contributed by atoms with van der Waals surface area (Å²) in [4.78, 5) is 0. The third-order valence-corrected chi connectivity index (χ3v) is 2.63. The lowest BCUT2D eigenvalue weighted by Gasteiger charge is -2.10. The van der Waals surface area contributed by atoms with Crippen molar-refractivity contribution in [3.8, 4) is 5.75 Å². The molecule has 0 fully saturated rings. The fourth-order valence-electron chi connectivity index (χ4n) is 1.68. The van der Waals surface area contributed by atoms with Crippen LogP contribution in [0.5, 0.6) is 5.75 Å². The quantitative estimate of drug-likeness (QED) is 0.871. The van der Waals surface area contributed by atoms with Crippen LogP contribution in [0.25, 0.3) is 0 Å². The van der Waals surface area contributed by atoms with Crippen molar-refractivity contribution >= 4 is 5.69 Å². The predicted octanol–water partition coefficient (Wildman–Crippen LogP) is 3.59. The van der Waals surface area contributed by atoms with Gasteiger partial charge in [-0.1, -0.05) is 17.7 Å². The molecule has 18 heavy (non-hydrogen) atoms. The van der Waals surface area contributed by atoms with Gasteiger partial charge in [0.15, 0.2) is 0 Å². The minimum atomic E-state index is -0.524. The normalized spacial score (nSPS) is 10.4. The Morgan fingerprint density at radius 2 is 1.89 bits per heavy atom. The molecule has 0 unspecified atom stereocenters. The molecule has 0 saturated carbocycles. The maximum atomic E-state index is 13.4. The molecule has 0 bridgehead atoms. The van der Waals surface area contributed by atoms with Crippen LogP contribution in [-0.2, 0) is 6.54 Å². The van der Waals surface area contributed by atoms with Crippen LogP contribution in [0.4, 0.5) is 14.5 Å². The zero-order valence-electron chi connectivity index (χ0n) is 9.87. The SMILES string of the molecule is Cc1ccc(O)c(CNc2cc(F)ccc2F)c1. The Labute approximate surface area is 104 Å². The van der Waals surface area contributed by atoms with Crippen LogP contribution in [0.15, 0.2) is 36.4 Å². The number of hydrogen-bond donors (Lipinski definition) is 2. The van der Waals surface area contributed by atoms with E-state index in [0.717, 1.165) is 23.8 Å². The van der Waals surface area contributed by atoms with E-state index in [9.17, 15) is 13.9 Å². The minimum Gasteiger partial charge on any atom is -0.508 e. The molecule has 0 radical (unpaired) electrons. The Balaban J connectivity index is 2.16. The summed E-state index contributed by atoms with van der Waals surface area (Å²) < 4.78 is 26.3. The van der Waals surface area contributed by atoms with E-state index in [1.54, 1.807) is 18.2 Å². The summed E-state index contributed by atoms with van der Waals surface area (Å²) in [6.45, 7) is 2.12. The summed E-state index contributed by atoms with van der Waals surface area (Å²) >= 11 is 0. The molecule has 0 aliphatic rings. The Bertz CT molecular complexity index is 518. The summed E-state index contributed by atoms with van der Waals surface area (Å²) in [5, 5.41) is 12.4.